The molecular formula is C25H30N2O4. The Labute approximate surface area is 182 Å². The van der Waals surface area contributed by atoms with Gasteiger partial charge in [-0.1, -0.05) is 38.0 Å². The highest BCUT2D eigenvalue weighted by molar-refractivity contribution is 5.96. The number of carbonyl (C=O) groups is 2. The molecule has 1 aromatic heterocycles. The SMILES string of the molecule is CCCCCOc1ccc(C(=O)CCNC(Cc2c[nH]c3ccccc23)C(=O)O)cc1. The Balaban J connectivity index is 1.49. The predicted molar refractivity (Wildman–Crippen MR) is 122 cm³/mol. The summed E-state index contributed by atoms with van der Waals surface area (Å²) < 4.78 is 5.67. The van der Waals surface area contributed by atoms with Crippen molar-refractivity contribution in [3.05, 3.63) is 65.9 Å². The number of unbranched alkanes of at least 4 members (excludes halogenated alkanes) is 2. The van der Waals surface area contributed by atoms with E-state index in [1.54, 1.807) is 12.1 Å². The Morgan fingerprint density at radius 1 is 1.10 bits per heavy atom. The minimum atomic E-state index is -0.928. The molecule has 0 aliphatic rings. The third-order valence-electron chi connectivity index (χ3n) is 5.33. The zero-order chi connectivity index (χ0) is 22.1. The number of aliphatic carboxylic acids is 1. The number of Topliss-reactive ketones (excluding diaryl/α,β-unsaturated/α-hetero) is 1. The molecule has 3 aromatic rings. The molecule has 1 atom stereocenters. The molecule has 6 heteroatoms. The molecule has 6 nitrogen and oxygen atoms in total. The molecule has 0 spiro atoms. The van der Waals surface area contributed by atoms with Crippen molar-refractivity contribution >= 4 is 22.7 Å². The Hall–Kier alpha value is -3.12. The van der Waals surface area contributed by atoms with E-state index in [0.29, 0.717) is 25.1 Å². The Kier molecular flexibility index (Phi) is 8.24. The normalized spacial score (nSPS) is 12.0. The molecular weight excluding hydrogens is 392 g/mol. The maximum Gasteiger partial charge on any atom is 0.321 e. The fourth-order valence-electron chi connectivity index (χ4n) is 3.55. The summed E-state index contributed by atoms with van der Waals surface area (Å²) in [6.45, 7) is 3.13. The lowest BCUT2D eigenvalue weighted by Gasteiger charge is -2.14. The predicted octanol–water partition coefficient (Wildman–Crippen LogP) is 4.60. The summed E-state index contributed by atoms with van der Waals surface area (Å²) >= 11 is 0. The summed E-state index contributed by atoms with van der Waals surface area (Å²) in [5.74, 6) is -0.195. The van der Waals surface area contributed by atoms with Crippen LogP contribution in [0, 0.1) is 0 Å². The molecule has 3 rings (SSSR count). The van der Waals surface area contributed by atoms with Crippen molar-refractivity contribution in [2.75, 3.05) is 13.2 Å². The summed E-state index contributed by atoms with van der Waals surface area (Å²) in [5.41, 5.74) is 2.53. The van der Waals surface area contributed by atoms with Gasteiger partial charge in [-0.25, -0.2) is 0 Å². The molecule has 3 N–H and O–H groups in total. The Morgan fingerprint density at radius 3 is 2.61 bits per heavy atom. The summed E-state index contributed by atoms with van der Waals surface area (Å²) in [6, 6.07) is 14.2. The highest BCUT2D eigenvalue weighted by Gasteiger charge is 2.19. The van der Waals surface area contributed by atoms with E-state index >= 15 is 0 Å². The molecule has 1 unspecified atom stereocenters. The second-order valence-electron chi connectivity index (χ2n) is 7.66. The number of H-pyrrole nitrogens is 1. The fourth-order valence-corrected chi connectivity index (χ4v) is 3.55. The molecule has 1 heterocycles. The molecule has 0 aliphatic carbocycles. The van der Waals surface area contributed by atoms with Gasteiger partial charge < -0.3 is 20.1 Å². The van der Waals surface area contributed by atoms with E-state index in [1.807, 2.05) is 42.6 Å². The van der Waals surface area contributed by atoms with E-state index in [9.17, 15) is 14.7 Å². The molecule has 0 radical (unpaired) electrons. The Morgan fingerprint density at radius 2 is 1.87 bits per heavy atom. The van der Waals surface area contributed by atoms with E-state index in [4.69, 9.17) is 4.74 Å². The number of aromatic amines is 1. The van der Waals surface area contributed by atoms with Gasteiger partial charge in [-0.15, -0.1) is 0 Å². The van der Waals surface area contributed by atoms with Crippen LogP contribution >= 0.6 is 0 Å². The van der Waals surface area contributed by atoms with Crippen LogP contribution in [-0.2, 0) is 11.2 Å². The Bertz CT molecular complexity index is 994. The number of benzene rings is 2. The van der Waals surface area contributed by atoms with Crippen molar-refractivity contribution < 1.29 is 19.4 Å². The zero-order valence-corrected chi connectivity index (χ0v) is 17.9. The minimum absolute atomic E-state index is 0.0266. The van der Waals surface area contributed by atoms with Gasteiger partial charge in [-0.2, -0.15) is 0 Å². The van der Waals surface area contributed by atoms with Crippen LogP contribution in [0.15, 0.2) is 54.7 Å². The molecule has 31 heavy (non-hydrogen) atoms. The standard InChI is InChI=1S/C25H30N2O4/c1-2-3-6-15-31-20-11-9-18(10-12-20)24(28)13-14-26-23(25(29)30)16-19-17-27-22-8-5-4-7-21(19)22/h4-5,7-12,17,23,26-27H,2-3,6,13-16H2,1H3,(H,29,30). The molecule has 164 valence electrons. The highest BCUT2D eigenvalue weighted by atomic mass is 16.5. The number of fused-ring (bicyclic) bond motifs is 1. The third-order valence-corrected chi connectivity index (χ3v) is 5.33. The second-order valence-corrected chi connectivity index (χ2v) is 7.66. The number of para-hydroxylation sites is 1. The largest absolute Gasteiger partial charge is 0.494 e. The summed E-state index contributed by atoms with van der Waals surface area (Å²) in [4.78, 5) is 27.3. The lowest BCUT2D eigenvalue weighted by molar-refractivity contribution is -0.139. The quantitative estimate of drug-likeness (QED) is 0.277. The number of ether oxygens (including phenoxy) is 1. The number of nitrogens with one attached hydrogen (secondary N) is 2. The van der Waals surface area contributed by atoms with E-state index < -0.39 is 12.0 Å². The second kappa shape index (κ2) is 11.3. The van der Waals surface area contributed by atoms with Gasteiger partial charge in [0.05, 0.1) is 6.61 Å². The molecule has 0 amide bonds. The number of aromatic nitrogens is 1. The van der Waals surface area contributed by atoms with E-state index in [2.05, 4.69) is 17.2 Å². The van der Waals surface area contributed by atoms with E-state index in [1.165, 1.54) is 0 Å². The summed E-state index contributed by atoms with van der Waals surface area (Å²) in [7, 11) is 0. The van der Waals surface area contributed by atoms with Gasteiger partial charge in [0, 0.05) is 42.0 Å². The number of hydrogen-bond acceptors (Lipinski definition) is 4. The first-order valence-corrected chi connectivity index (χ1v) is 10.9. The lowest BCUT2D eigenvalue weighted by Crippen LogP contribution is -2.39. The van der Waals surface area contributed by atoms with Crippen LogP contribution in [-0.4, -0.2) is 41.0 Å². The van der Waals surface area contributed by atoms with Crippen LogP contribution < -0.4 is 10.1 Å². The highest BCUT2D eigenvalue weighted by Crippen LogP contribution is 2.19. The lowest BCUT2D eigenvalue weighted by atomic mass is 10.0. The zero-order valence-electron chi connectivity index (χ0n) is 17.9. The van der Waals surface area contributed by atoms with Crippen molar-refractivity contribution in [2.45, 2.75) is 45.1 Å². The first-order chi connectivity index (χ1) is 15.1. The van der Waals surface area contributed by atoms with Crippen LogP contribution in [0.4, 0.5) is 0 Å². The number of carboxylic acids is 1. The van der Waals surface area contributed by atoms with Crippen molar-refractivity contribution in [3.63, 3.8) is 0 Å². The van der Waals surface area contributed by atoms with Crippen molar-refractivity contribution in [1.29, 1.82) is 0 Å². The van der Waals surface area contributed by atoms with Gasteiger partial charge in [0.1, 0.15) is 11.8 Å². The molecule has 0 aliphatic heterocycles. The maximum atomic E-state index is 12.5. The third kappa shape index (κ3) is 6.43. The maximum absolute atomic E-state index is 12.5. The monoisotopic (exact) mass is 422 g/mol. The summed E-state index contributed by atoms with van der Waals surface area (Å²) in [5, 5.41) is 13.6. The fraction of sp³-hybridized carbons (Fsp3) is 0.360. The number of ketones is 1. The van der Waals surface area contributed by atoms with Crippen LogP contribution in [0.5, 0.6) is 5.75 Å². The first-order valence-electron chi connectivity index (χ1n) is 10.9. The molecule has 0 bridgehead atoms. The van der Waals surface area contributed by atoms with Gasteiger partial charge in [-0.3, -0.25) is 9.59 Å². The number of hydrogen-bond donors (Lipinski definition) is 3. The average molecular weight is 423 g/mol. The summed E-state index contributed by atoms with van der Waals surface area (Å²) in [6.07, 6.45) is 5.73. The van der Waals surface area contributed by atoms with Crippen LogP contribution in [0.3, 0.4) is 0 Å². The smallest absolute Gasteiger partial charge is 0.321 e. The molecule has 0 saturated carbocycles. The van der Waals surface area contributed by atoms with E-state index in [0.717, 1.165) is 41.5 Å². The molecule has 0 fully saturated rings. The van der Waals surface area contributed by atoms with Gasteiger partial charge in [0.15, 0.2) is 5.78 Å². The first kappa shape index (κ1) is 22.6. The van der Waals surface area contributed by atoms with E-state index in [-0.39, 0.29) is 12.2 Å². The van der Waals surface area contributed by atoms with Gasteiger partial charge in [-0.05, 0) is 42.3 Å². The van der Waals surface area contributed by atoms with Crippen LogP contribution in [0.2, 0.25) is 0 Å². The van der Waals surface area contributed by atoms with Gasteiger partial charge in [0.2, 0.25) is 0 Å². The number of carboxylic acid groups (broad SMARTS) is 1. The average Bonchev–Trinajstić information content (AvgIpc) is 3.19. The van der Waals surface area contributed by atoms with Crippen molar-refractivity contribution in [3.8, 4) is 5.75 Å². The van der Waals surface area contributed by atoms with Gasteiger partial charge in [0.25, 0.3) is 0 Å². The topological polar surface area (TPSA) is 91.4 Å². The van der Waals surface area contributed by atoms with Crippen LogP contribution in [0.1, 0.15) is 48.5 Å². The van der Waals surface area contributed by atoms with Crippen molar-refractivity contribution in [2.24, 2.45) is 0 Å². The number of rotatable bonds is 13. The van der Waals surface area contributed by atoms with Crippen LogP contribution in [0.25, 0.3) is 10.9 Å². The minimum Gasteiger partial charge on any atom is -0.494 e. The molecule has 0 saturated heterocycles. The van der Waals surface area contributed by atoms with Crippen molar-refractivity contribution in [1.82, 2.24) is 10.3 Å². The molecule has 2 aromatic carbocycles. The number of carbonyl (C=O) groups excluding carboxylic acids is 1. The van der Waals surface area contributed by atoms with Gasteiger partial charge >= 0.3 is 5.97 Å².